The quantitative estimate of drug-likeness (QED) is 0.838. The van der Waals surface area contributed by atoms with Gasteiger partial charge in [-0.25, -0.2) is 0 Å². The van der Waals surface area contributed by atoms with Gasteiger partial charge in [0.2, 0.25) is 0 Å². The van der Waals surface area contributed by atoms with Crippen LogP contribution in [0.5, 0.6) is 0 Å². The zero-order valence-electron chi connectivity index (χ0n) is 10.2. The lowest BCUT2D eigenvalue weighted by atomic mass is 9.94. The van der Waals surface area contributed by atoms with Gasteiger partial charge in [0.25, 0.3) is 0 Å². The van der Waals surface area contributed by atoms with E-state index in [1.54, 1.807) is 0 Å². The Morgan fingerprint density at radius 2 is 2.12 bits per heavy atom. The van der Waals surface area contributed by atoms with Gasteiger partial charge in [-0.15, -0.1) is 0 Å². The van der Waals surface area contributed by atoms with E-state index in [0.29, 0.717) is 0 Å². The topological polar surface area (TPSA) is 41.3 Å². The Bertz CT molecular complexity index is 336. The number of aromatic nitrogens is 2. The van der Waals surface area contributed by atoms with E-state index >= 15 is 0 Å². The van der Waals surface area contributed by atoms with Crippen molar-refractivity contribution < 1.29 is 5.11 Å². The van der Waals surface area contributed by atoms with Crippen molar-refractivity contribution in [2.75, 3.05) is 13.1 Å². The second-order valence-electron chi connectivity index (χ2n) is 4.98. The first-order chi connectivity index (χ1) is 7.59. The first kappa shape index (κ1) is 11.6. The number of nitrogens with zero attached hydrogens (tertiary/aromatic N) is 3. The summed E-state index contributed by atoms with van der Waals surface area (Å²) in [6, 6.07) is 0. The van der Waals surface area contributed by atoms with Crippen molar-refractivity contribution in [3.63, 3.8) is 0 Å². The van der Waals surface area contributed by atoms with Gasteiger partial charge in [0.15, 0.2) is 0 Å². The van der Waals surface area contributed by atoms with Crippen molar-refractivity contribution in [3.8, 4) is 0 Å². The molecule has 0 unspecified atom stereocenters. The molecule has 0 aromatic carbocycles. The standard InChI is InChI=1S/C12H21N3O/c1-3-15-10-11(8-13-15)9-14-6-4-12(2,16)5-7-14/h8,10,16H,3-7,9H2,1-2H3. The van der Waals surface area contributed by atoms with Crippen LogP contribution in [-0.2, 0) is 13.1 Å². The molecule has 1 aliphatic rings. The summed E-state index contributed by atoms with van der Waals surface area (Å²) in [5.41, 5.74) is 0.813. The minimum absolute atomic E-state index is 0.454. The molecule has 0 spiro atoms. The van der Waals surface area contributed by atoms with E-state index in [2.05, 4.69) is 23.1 Å². The lowest BCUT2D eigenvalue weighted by molar-refractivity contribution is -0.00730. The normalized spacial score (nSPS) is 21.2. The van der Waals surface area contributed by atoms with E-state index < -0.39 is 5.60 Å². The second kappa shape index (κ2) is 4.55. The summed E-state index contributed by atoms with van der Waals surface area (Å²) in [5, 5.41) is 14.1. The van der Waals surface area contributed by atoms with Crippen LogP contribution in [0.15, 0.2) is 12.4 Å². The fourth-order valence-electron chi connectivity index (χ4n) is 2.11. The Hall–Kier alpha value is -0.870. The van der Waals surface area contributed by atoms with Crippen LogP contribution in [0.4, 0.5) is 0 Å². The van der Waals surface area contributed by atoms with Crippen molar-refractivity contribution in [1.82, 2.24) is 14.7 Å². The van der Waals surface area contributed by atoms with Crippen molar-refractivity contribution in [1.29, 1.82) is 0 Å². The molecule has 2 rings (SSSR count). The minimum atomic E-state index is -0.454. The molecule has 0 saturated carbocycles. The molecule has 0 aliphatic carbocycles. The molecule has 1 N–H and O–H groups in total. The molecule has 4 nitrogen and oxygen atoms in total. The van der Waals surface area contributed by atoms with Gasteiger partial charge in [0.1, 0.15) is 0 Å². The van der Waals surface area contributed by atoms with Crippen LogP contribution in [0.3, 0.4) is 0 Å². The molecule has 1 aromatic heterocycles. The van der Waals surface area contributed by atoms with Gasteiger partial charge in [0.05, 0.1) is 11.8 Å². The summed E-state index contributed by atoms with van der Waals surface area (Å²) in [4.78, 5) is 2.38. The third-order valence-electron chi connectivity index (χ3n) is 3.35. The molecule has 90 valence electrons. The highest BCUT2D eigenvalue weighted by atomic mass is 16.3. The molecule has 0 amide bonds. The average Bonchev–Trinajstić information content (AvgIpc) is 2.69. The number of rotatable bonds is 3. The Labute approximate surface area is 96.9 Å². The molecule has 0 bridgehead atoms. The number of aryl methyl sites for hydroxylation is 1. The Morgan fingerprint density at radius 3 is 2.69 bits per heavy atom. The predicted molar refractivity (Wildman–Crippen MR) is 63.0 cm³/mol. The summed E-state index contributed by atoms with van der Waals surface area (Å²) in [6.07, 6.45) is 5.78. The lowest BCUT2D eigenvalue weighted by Crippen LogP contribution is -2.41. The number of piperidine rings is 1. The number of hydrogen-bond donors (Lipinski definition) is 1. The summed E-state index contributed by atoms with van der Waals surface area (Å²) < 4.78 is 1.95. The molecule has 2 heterocycles. The fraction of sp³-hybridized carbons (Fsp3) is 0.750. The van der Waals surface area contributed by atoms with E-state index in [1.807, 2.05) is 17.8 Å². The third kappa shape index (κ3) is 2.83. The summed E-state index contributed by atoms with van der Waals surface area (Å²) in [6.45, 7) is 7.85. The predicted octanol–water partition coefficient (Wildman–Crippen LogP) is 1.25. The lowest BCUT2D eigenvalue weighted by Gasteiger charge is -2.35. The van der Waals surface area contributed by atoms with Crippen LogP contribution < -0.4 is 0 Å². The van der Waals surface area contributed by atoms with Crippen LogP contribution in [0.25, 0.3) is 0 Å². The fourth-order valence-corrected chi connectivity index (χ4v) is 2.11. The maximum Gasteiger partial charge on any atom is 0.0644 e. The van der Waals surface area contributed by atoms with E-state index in [-0.39, 0.29) is 0 Å². The zero-order chi connectivity index (χ0) is 11.6. The first-order valence-corrected chi connectivity index (χ1v) is 6.05. The number of hydrogen-bond acceptors (Lipinski definition) is 3. The maximum atomic E-state index is 9.86. The van der Waals surface area contributed by atoms with E-state index in [9.17, 15) is 5.11 Å². The van der Waals surface area contributed by atoms with E-state index in [0.717, 1.165) is 39.0 Å². The third-order valence-corrected chi connectivity index (χ3v) is 3.35. The van der Waals surface area contributed by atoms with Crippen molar-refractivity contribution in [3.05, 3.63) is 18.0 Å². The van der Waals surface area contributed by atoms with Crippen molar-refractivity contribution in [2.24, 2.45) is 0 Å². The Kier molecular flexibility index (Phi) is 3.30. The highest BCUT2D eigenvalue weighted by molar-refractivity contribution is 5.04. The van der Waals surface area contributed by atoms with Gasteiger partial charge >= 0.3 is 0 Å². The molecule has 1 aliphatic heterocycles. The van der Waals surface area contributed by atoms with Gasteiger partial charge in [-0.2, -0.15) is 5.10 Å². The van der Waals surface area contributed by atoms with E-state index in [1.165, 1.54) is 5.56 Å². The SMILES string of the molecule is CCn1cc(CN2CCC(C)(O)CC2)cn1. The van der Waals surface area contributed by atoms with E-state index in [4.69, 9.17) is 0 Å². The van der Waals surface area contributed by atoms with Crippen LogP contribution in [0, 0.1) is 0 Å². The van der Waals surface area contributed by atoms with Crippen molar-refractivity contribution >= 4 is 0 Å². The summed E-state index contributed by atoms with van der Waals surface area (Å²) >= 11 is 0. The Morgan fingerprint density at radius 1 is 1.44 bits per heavy atom. The second-order valence-corrected chi connectivity index (χ2v) is 4.98. The number of aliphatic hydroxyl groups is 1. The van der Waals surface area contributed by atoms with Gasteiger partial charge in [0, 0.05) is 37.9 Å². The number of likely N-dealkylation sites (tertiary alicyclic amines) is 1. The summed E-state index contributed by atoms with van der Waals surface area (Å²) in [5.74, 6) is 0. The monoisotopic (exact) mass is 223 g/mol. The highest BCUT2D eigenvalue weighted by Gasteiger charge is 2.27. The maximum absolute atomic E-state index is 9.86. The van der Waals surface area contributed by atoms with Gasteiger partial charge in [-0.1, -0.05) is 0 Å². The Balaban J connectivity index is 1.87. The molecule has 16 heavy (non-hydrogen) atoms. The van der Waals surface area contributed by atoms with Crippen LogP contribution in [-0.4, -0.2) is 38.5 Å². The molecule has 0 atom stereocenters. The minimum Gasteiger partial charge on any atom is -0.390 e. The van der Waals surface area contributed by atoms with Crippen molar-refractivity contribution in [2.45, 2.75) is 45.4 Å². The van der Waals surface area contributed by atoms with Gasteiger partial charge < -0.3 is 5.11 Å². The highest BCUT2D eigenvalue weighted by Crippen LogP contribution is 2.22. The van der Waals surface area contributed by atoms with Crippen LogP contribution >= 0.6 is 0 Å². The molecule has 4 heteroatoms. The average molecular weight is 223 g/mol. The molecule has 1 saturated heterocycles. The molecular formula is C12H21N3O. The largest absolute Gasteiger partial charge is 0.390 e. The zero-order valence-corrected chi connectivity index (χ0v) is 10.2. The van der Waals surface area contributed by atoms with Crippen LogP contribution in [0.2, 0.25) is 0 Å². The molecule has 1 fully saturated rings. The molecular weight excluding hydrogens is 202 g/mol. The molecule has 0 radical (unpaired) electrons. The molecule has 1 aromatic rings. The van der Waals surface area contributed by atoms with Gasteiger partial charge in [-0.3, -0.25) is 9.58 Å². The van der Waals surface area contributed by atoms with Gasteiger partial charge in [-0.05, 0) is 26.7 Å². The smallest absolute Gasteiger partial charge is 0.0644 e. The summed E-state index contributed by atoms with van der Waals surface area (Å²) in [7, 11) is 0. The van der Waals surface area contributed by atoms with Crippen LogP contribution in [0.1, 0.15) is 32.3 Å². The first-order valence-electron chi connectivity index (χ1n) is 6.05.